The van der Waals surface area contributed by atoms with Crippen molar-refractivity contribution in [2.75, 3.05) is 7.11 Å². The molecule has 0 spiro atoms. The summed E-state index contributed by atoms with van der Waals surface area (Å²) in [5.74, 6) is 0. The number of nitrogens with zero attached hydrogens (tertiary/aromatic N) is 4. The molecule has 0 saturated heterocycles. The smallest absolute Gasteiger partial charge is 0.332 e. The van der Waals surface area contributed by atoms with Crippen LogP contribution in [0.5, 0.6) is 0 Å². The molecule has 1 aliphatic carbocycles. The van der Waals surface area contributed by atoms with Crippen LogP contribution < -0.4 is 16.0 Å². The Labute approximate surface area is 227 Å². The minimum atomic E-state index is -3.86. The van der Waals surface area contributed by atoms with Crippen molar-refractivity contribution < 1.29 is 13.2 Å². The summed E-state index contributed by atoms with van der Waals surface area (Å²) in [5.41, 5.74) is 1.88. The Kier molecular flexibility index (Phi) is 6.14. The zero-order valence-electron chi connectivity index (χ0n) is 21.7. The lowest BCUT2D eigenvalue weighted by Crippen LogP contribution is -2.40. The fraction of sp³-hybridized carbons (Fsp3) is 0.346. The van der Waals surface area contributed by atoms with Crippen molar-refractivity contribution in [3.63, 3.8) is 0 Å². The van der Waals surface area contributed by atoms with Crippen molar-refractivity contribution in [2.24, 2.45) is 7.05 Å². The number of aromatic nitrogens is 5. The van der Waals surface area contributed by atoms with Crippen molar-refractivity contribution in [3.8, 4) is 0 Å². The van der Waals surface area contributed by atoms with E-state index in [1.807, 2.05) is 31.2 Å². The third-order valence-corrected chi connectivity index (χ3v) is 10.3. The molecule has 0 atom stereocenters. The molecule has 1 saturated carbocycles. The first-order valence-electron chi connectivity index (χ1n) is 12.4. The van der Waals surface area contributed by atoms with Gasteiger partial charge in [-0.25, -0.2) is 17.9 Å². The van der Waals surface area contributed by atoms with Gasteiger partial charge in [0.15, 0.2) is 0 Å². The average molecular weight is 569 g/mol. The highest BCUT2D eigenvalue weighted by atomic mass is 32.2. The lowest BCUT2D eigenvalue weighted by molar-refractivity contribution is 0.182. The van der Waals surface area contributed by atoms with Gasteiger partial charge in [-0.3, -0.25) is 18.6 Å². The molecule has 11 nitrogen and oxygen atoms in total. The third-order valence-electron chi connectivity index (χ3n) is 7.00. The van der Waals surface area contributed by atoms with Gasteiger partial charge >= 0.3 is 5.69 Å². The van der Waals surface area contributed by atoms with Crippen LogP contribution >= 0.6 is 11.3 Å². The van der Waals surface area contributed by atoms with Gasteiger partial charge in [0.2, 0.25) is 0 Å². The van der Waals surface area contributed by atoms with Crippen LogP contribution in [0.4, 0.5) is 0 Å². The predicted octanol–water partition coefficient (Wildman–Crippen LogP) is 2.51. The summed E-state index contributed by atoms with van der Waals surface area (Å²) >= 11 is 0.940. The maximum absolute atomic E-state index is 13.8. The number of H-pyrrole nitrogens is 1. The number of aryl methyl sites for hydroxylation is 1. The zero-order valence-corrected chi connectivity index (χ0v) is 23.4. The molecule has 0 bridgehead atoms. The van der Waals surface area contributed by atoms with Crippen LogP contribution in [-0.2, 0) is 41.5 Å². The monoisotopic (exact) mass is 568 g/mol. The van der Waals surface area contributed by atoms with Gasteiger partial charge in [-0.05, 0) is 49.6 Å². The molecule has 0 amide bonds. The van der Waals surface area contributed by atoms with Crippen molar-refractivity contribution in [3.05, 3.63) is 80.4 Å². The highest BCUT2D eigenvalue weighted by Crippen LogP contribution is 2.37. The van der Waals surface area contributed by atoms with E-state index in [2.05, 4.69) is 14.8 Å². The molecule has 2 N–H and O–H groups in total. The second kappa shape index (κ2) is 9.30. The van der Waals surface area contributed by atoms with Gasteiger partial charge in [-0.15, -0.1) is 11.3 Å². The summed E-state index contributed by atoms with van der Waals surface area (Å²) in [6.07, 6.45) is 4.85. The Morgan fingerprint density at radius 2 is 1.90 bits per heavy atom. The Bertz CT molecular complexity index is 1960. The molecule has 1 aliphatic rings. The lowest BCUT2D eigenvalue weighted by Gasteiger charge is -2.12. The number of thiophene rings is 1. The van der Waals surface area contributed by atoms with E-state index in [0.717, 1.165) is 50.9 Å². The molecule has 0 unspecified atom stereocenters. The molecule has 13 heteroatoms. The van der Waals surface area contributed by atoms with Crippen molar-refractivity contribution in [1.29, 1.82) is 0 Å². The Hall–Kier alpha value is -3.52. The number of sulfonamides is 1. The summed E-state index contributed by atoms with van der Waals surface area (Å²) in [6.45, 7) is 2.48. The molecule has 0 radical (unpaired) electrons. The molecule has 0 aliphatic heterocycles. The highest BCUT2D eigenvalue weighted by molar-refractivity contribution is 7.91. The van der Waals surface area contributed by atoms with E-state index in [1.54, 1.807) is 31.2 Å². The minimum absolute atomic E-state index is 0.0142. The van der Waals surface area contributed by atoms with Gasteiger partial charge in [-0.1, -0.05) is 6.07 Å². The van der Waals surface area contributed by atoms with Gasteiger partial charge in [0.05, 0.1) is 31.3 Å². The van der Waals surface area contributed by atoms with Gasteiger partial charge in [0.25, 0.3) is 15.6 Å². The van der Waals surface area contributed by atoms with Gasteiger partial charge in [-0.2, -0.15) is 5.10 Å². The molecule has 5 aromatic rings. The van der Waals surface area contributed by atoms with E-state index < -0.39 is 26.8 Å². The number of hydrogen-bond donors (Lipinski definition) is 2. The first-order valence-corrected chi connectivity index (χ1v) is 14.7. The van der Waals surface area contributed by atoms with E-state index in [0.29, 0.717) is 17.0 Å². The van der Waals surface area contributed by atoms with E-state index >= 15 is 0 Å². The number of nitrogens with one attached hydrogen (secondary N) is 2. The summed E-state index contributed by atoms with van der Waals surface area (Å²) in [4.78, 5) is 30.9. The maximum atomic E-state index is 13.8. The second-order valence-corrected chi connectivity index (χ2v) is 13.3. The molecular weight excluding hydrogens is 540 g/mol. The molecule has 204 valence electrons. The number of ether oxygens (including phenoxy) is 1. The first-order chi connectivity index (χ1) is 18.5. The van der Waals surface area contributed by atoms with Crippen molar-refractivity contribution in [2.45, 2.75) is 49.2 Å². The number of aromatic amines is 1. The second-order valence-electron chi connectivity index (χ2n) is 10.4. The number of fused-ring (bicyclic) bond motifs is 2. The third kappa shape index (κ3) is 4.86. The van der Waals surface area contributed by atoms with Crippen LogP contribution in [0.2, 0.25) is 0 Å². The molecule has 4 aromatic heterocycles. The standard InChI is InChI=1S/C26H28N6O5S2/c1-26(6-7-26)29-39(35,36)22-10-20-23(33)31(14-17-11-27-30(2)12-17)25(34)32(24(20)38-22)13-16-4-5-21-18(8-16)9-19(28-21)15-37-3/h4-5,8-12,28-29H,6-7,13-15H2,1-3H3. The first kappa shape index (κ1) is 25.7. The van der Waals surface area contributed by atoms with E-state index in [4.69, 9.17) is 4.74 Å². The number of rotatable bonds is 9. The van der Waals surface area contributed by atoms with E-state index in [9.17, 15) is 18.0 Å². The molecular formula is C26H28N6O5S2. The predicted molar refractivity (Wildman–Crippen MR) is 149 cm³/mol. The van der Waals surface area contributed by atoms with Crippen molar-refractivity contribution >= 4 is 42.5 Å². The molecule has 6 rings (SSSR count). The van der Waals surface area contributed by atoms with Crippen LogP contribution in [0.3, 0.4) is 0 Å². The number of benzene rings is 1. The lowest BCUT2D eigenvalue weighted by atomic mass is 10.1. The largest absolute Gasteiger partial charge is 0.378 e. The topological polar surface area (TPSA) is 133 Å². The minimum Gasteiger partial charge on any atom is -0.378 e. The van der Waals surface area contributed by atoms with E-state index in [1.165, 1.54) is 10.6 Å². The van der Waals surface area contributed by atoms with Gasteiger partial charge in [0.1, 0.15) is 9.04 Å². The van der Waals surface area contributed by atoms with Crippen LogP contribution in [0, 0.1) is 0 Å². The number of hydrogen-bond acceptors (Lipinski definition) is 7. The molecule has 39 heavy (non-hydrogen) atoms. The molecule has 1 aromatic carbocycles. The van der Waals surface area contributed by atoms with Crippen LogP contribution in [0.15, 0.2) is 56.5 Å². The molecule has 4 heterocycles. The normalized spacial score (nSPS) is 14.9. The van der Waals surface area contributed by atoms with E-state index in [-0.39, 0.29) is 22.7 Å². The van der Waals surface area contributed by atoms with Gasteiger partial charge < -0.3 is 9.72 Å². The fourth-order valence-corrected chi connectivity index (χ4v) is 7.65. The van der Waals surface area contributed by atoms with Crippen LogP contribution in [-0.4, -0.2) is 45.0 Å². The summed E-state index contributed by atoms with van der Waals surface area (Å²) in [5, 5.41) is 5.29. The quantitative estimate of drug-likeness (QED) is 0.281. The molecule has 1 fully saturated rings. The highest BCUT2D eigenvalue weighted by Gasteiger charge is 2.41. The summed E-state index contributed by atoms with van der Waals surface area (Å²) < 4.78 is 38.6. The average Bonchev–Trinajstić information content (AvgIpc) is 3.26. The number of methoxy groups -OCH3 is 1. The van der Waals surface area contributed by atoms with Crippen molar-refractivity contribution in [1.82, 2.24) is 28.6 Å². The Morgan fingerprint density at radius 3 is 2.59 bits per heavy atom. The summed E-state index contributed by atoms with van der Waals surface area (Å²) in [7, 11) is -0.475. The van der Waals surface area contributed by atoms with Crippen LogP contribution in [0.25, 0.3) is 21.1 Å². The van der Waals surface area contributed by atoms with Crippen LogP contribution in [0.1, 0.15) is 36.6 Å². The maximum Gasteiger partial charge on any atom is 0.332 e. The van der Waals surface area contributed by atoms with Gasteiger partial charge in [0, 0.05) is 48.1 Å². The Morgan fingerprint density at radius 1 is 1.13 bits per heavy atom. The summed E-state index contributed by atoms with van der Waals surface area (Å²) in [6, 6.07) is 9.19. The SMILES string of the molecule is COCc1cc2cc(Cn3c(=O)n(Cc4cnn(C)c4)c(=O)c4cc(S(=O)(=O)NC5(C)CC5)sc43)ccc2[nH]1. The zero-order chi connectivity index (χ0) is 27.5. The fourth-order valence-electron chi connectivity index (χ4n) is 4.75. The Balaban J connectivity index is 1.49.